The number of aromatic amines is 1. The van der Waals surface area contributed by atoms with Crippen molar-refractivity contribution in [2.75, 3.05) is 11.9 Å². The molecular weight excluding hydrogens is 540 g/mol. The van der Waals surface area contributed by atoms with Gasteiger partial charge in [-0.3, -0.25) is 9.84 Å². The summed E-state index contributed by atoms with van der Waals surface area (Å²) in [5, 5.41) is 15.9. The zero-order valence-electron chi connectivity index (χ0n) is 19.8. The highest BCUT2D eigenvalue weighted by atomic mass is 19.4. The molecular formula is C22H21F6N7O4. The maximum Gasteiger partial charge on any atom is 0.522 e. The van der Waals surface area contributed by atoms with Crippen LogP contribution in [0, 0.1) is 5.92 Å². The van der Waals surface area contributed by atoms with Crippen molar-refractivity contribution in [2.45, 2.75) is 62.6 Å². The summed E-state index contributed by atoms with van der Waals surface area (Å²) in [6.45, 7) is -1.13. The molecule has 3 N–H and O–H groups in total. The maximum absolute atomic E-state index is 15.1. The SMILES string of the molecule is O=C(NC12CC(C1)C2)O[C@H]1CO[C@@H](c2cc(Nc3nc(C(F)F)cn4nc(COC(F)(F)F)cc34)n[nH]2)[C@@H]1F. The van der Waals surface area contributed by atoms with Crippen LogP contribution in [0.2, 0.25) is 0 Å². The number of hydrogen-bond acceptors (Lipinski definition) is 8. The first kappa shape index (κ1) is 25.7. The monoisotopic (exact) mass is 561 g/mol. The van der Waals surface area contributed by atoms with E-state index in [2.05, 4.69) is 35.7 Å². The fourth-order valence-electron chi connectivity index (χ4n) is 5.10. The van der Waals surface area contributed by atoms with E-state index in [1.54, 1.807) is 0 Å². The van der Waals surface area contributed by atoms with Crippen molar-refractivity contribution in [2.24, 2.45) is 5.92 Å². The van der Waals surface area contributed by atoms with Crippen LogP contribution in [0.5, 0.6) is 0 Å². The highest BCUT2D eigenvalue weighted by Crippen LogP contribution is 2.57. The highest BCUT2D eigenvalue weighted by molar-refractivity contribution is 5.72. The summed E-state index contributed by atoms with van der Waals surface area (Å²) in [5.41, 5.74) is -0.876. The first-order chi connectivity index (χ1) is 18.5. The molecule has 3 aliphatic carbocycles. The molecule has 17 heteroatoms. The molecule has 4 aliphatic rings. The highest BCUT2D eigenvalue weighted by Gasteiger charge is 2.58. The predicted octanol–water partition coefficient (Wildman–Crippen LogP) is 4.23. The van der Waals surface area contributed by atoms with Gasteiger partial charge >= 0.3 is 12.5 Å². The Morgan fingerprint density at radius 1 is 1.28 bits per heavy atom. The van der Waals surface area contributed by atoms with Crippen LogP contribution in [0.1, 0.15) is 48.9 Å². The number of carbonyl (C=O) groups is 1. The molecule has 4 fully saturated rings. The zero-order chi connectivity index (χ0) is 27.5. The van der Waals surface area contributed by atoms with Crippen molar-refractivity contribution in [3.05, 3.63) is 35.4 Å². The molecule has 3 aromatic rings. The maximum atomic E-state index is 15.1. The van der Waals surface area contributed by atoms with E-state index in [1.807, 2.05) is 0 Å². The number of alkyl halides is 6. The molecule has 210 valence electrons. The van der Waals surface area contributed by atoms with E-state index in [0.29, 0.717) is 5.92 Å². The van der Waals surface area contributed by atoms with Crippen molar-refractivity contribution < 1.29 is 45.3 Å². The van der Waals surface area contributed by atoms with E-state index >= 15 is 4.39 Å². The molecule has 0 spiro atoms. The van der Waals surface area contributed by atoms with Crippen LogP contribution in [0.3, 0.4) is 0 Å². The first-order valence-corrected chi connectivity index (χ1v) is 11.9. The summed E-state index contributed by atoms with van der Waals surface area (Å²) in [6, 6.07) is 2.53. The van der Waals surface area contributed by atoms with Gasteiger partial charge in [-0.2, -0.15) is 10.2 Å². The summed E-state index contributed by atoms with van der Waals surface area (Å²) in [4.78, 5) is 16.0. The second kappa shape index (κ2) is 9.25. The Bertz CT molecular complexity index is 1380. The molecule has 0 radical (unpaired) electrons. The van der Waals surface area contributed by atoms with E-state index < -0.39 is 49.6 Å². The summed E-state index contributed by atoms with van der Waals surface area (Å²) >= 11 is 0. The van der Waals surface area contributed by atoms with Gasteiger partial charge in [0.25, 0.3) is 6.43 Å². The van der Waals surface area contributed by atoms with Crippen molar-refractivity contribution in [1.82, 2.24) is 30.1 Å². The fraction of sp³-hybridized carbons (Fsp3) is 0.545. The Kier molecular flexibility index (Phi) is 6.09. The average Bonchev–Trinajstić information content (AvgIpc) is 3.53. The van der Waals surface area contributed by atoms with Crippen molar-refractivity contribution in [3.8, 4) is 0 Å². The minimum Gasteiger partial charge on any atom is -0.441 e. The minimum atomic E-state index is -4.91. The number of anilines is 2. The Morgan fingerprint density at radius 2 is 2.05 bits per heavy atom. The third-order valence-corrected chi connectivity index (χ3v) is 7.03. The van der Waals surface area contributed by atoms with Crippen LogP contribution in [0.25, 0.3) is 5.52 Å². The number of nitrogens with one attached hydrogen (secondary N) is 3. The van der Waals surface area contributed by atoms with Gasteiger partial charge in [0, 0.05) is 11.6 Å². The zero-order valence-corrected chi connectivity index (χ0v) is 19.8. The summed E-state index contributed by atoms with van der Waals surface area (Å²) < 4.78 is 94.5. The molecule has 2 bridgehead atoms. The number of carbonyl (C=O) groups excluding carboxylic acids is 1. The van der Waals surface area contributed by atoms with Gasteiger partial charge in [-0.1, -0.05) is 0 Å². The van der Waals surface area contributed by atoms with Crippen molar-refractivity contribution in [3.63, 3.8) is 0 Å². The van der Waals surface area contributed by atoms with Crippen molar-refractivity contribution in [1.29, 1.82) is 0 Å². The Labute approximate surface area is 215 Å². The Hall–Kier alpha value is -3.60. The summed E-state index contributed by atoms with van der Waals surface area (Å²) in [5.74, 6) is 0.485. The van der Waals surface area contributed by atoms with E-state index in [4.69, 9.17) is 9.47 Å². The average molecular weight is 561 g/mol. The van der Waals surface area contributed by atoms with E-state index in [9.17, 15) is 26.7 Å². The largest absolute Gasteiger partial charge is 0.522 e. The lowest BCUT2D eigenvalue weighted by molar-refractivity contribution is -0.330. The van der Waals surface area contributed by atoms with Crippen LogP contribution in [0.15, 0.2) is 18.3 Å². The number of hydrogen-bond donors (Lipinski definition) is 3. The molecule has 1 aliphatic heterocycles. The van der Waals surface area contributed by atoms with Gasteiger partial charge in [0.05, 0.1) is 24.2 Å². The minimum absolute atomic E-state index is 0.0293. The number of H-pyrrole nitrogens is 1. The molecule has 3 aromatic heterocycles. The predicted molar refractivity (Wildman–Crippen MR) is 118 cm³/mol. The molecule has 4 heterocycles. The topological polar surface area (TPSA) is 128 Å². The number of ether oxygens (including phenoxy) is 3. The van der Waals surface area contributed by atoms with Crippen LogP contribution < -0.4 is 10.6 Å². The van der Waals surface area contributed by atoms with E-state index in [1.165, 1.54) is 12.1 Å². The van der Waals surface area contributed by atoms with Gasteiger partial charge < -0.3 is 20.1 Å². The second-order valence-corrected chi connectivity index (χ2v) is 9.87. The van der Waals surface area contributed by atoms with Crippen molar-refractivity contribution >= 4 is 23.2 Å². The number of aromatic nitrogens is 5. The molecule has 1 saturated heterocycles. The molecule has 3 saturated carbocycles. The molecule has 0 aromatic carbocycles. The van der Waals surface area contributed by atoms with Gasteiger partial charge in [0.2, 0.25) is 0 Å². The molecule has 7 rings (SSSR count). The third-order valence-electron chi connectivity index (χ3n) is 7.03. The van der Waals surface area contributed by atoms with Crippen LogP contribution in [0.4, 0.5) is 42.8 Å². The van der Waals surface area contributed by atoms with Gasteiger partial charge in [0.1, 0.15) is 23.9 Å². The molecule has 0 unspecified atom stereocenters. The number of nitrogens with zero attached hydrogens (tertiary/aromatic N) is 4. The number of fused-ring (bicyclic) bond motifs is 1. The number of alkyl carbamates (subject to hydrolysis) is 1. The lowest BCUT2D eigenvalue weighted by Crippen LogP contribution is -2.68. The van der Waals surface area contributed by atoms with Crippen LogP contribution >= 0.6 is 0 Å². The second-order valence-electron chi connectivity index (χ2n) is 9.87. The third kappa shape index (κ3) is 5.07. The van der Waals surface area contributed by atoms with Crippen LogP contribution in [-0.2, 0) is 20.8 Å². The Morgan fingerprint density at radius 3 is 2.72 bits per heavy atom. The van der Waals surface area contributed by atoms with Gasteiger partial charge in [-0.05, 0) is 31.2 Å². The smallest absolute Gasteiger partial charge is 0.441 e. The van der Waals surface area contributed by atoms with Gasteiger partial charge in [-0.25, -0.2) is 27.5 Å². The molecule has 1 amide bonds. The van der Waals surface area contributed by atoms with Crippen LogP contribution in [-0.4, -0.2) is 61.7 Å². The van der Waals surface area contributed by atoms with Gasteiger partial charge in [0.15, 0.2) is 23.9 Å². The number of amides is 1. The molecule has 39 heavy (non-hydrogen) atoms. The lowest BCUT2D eigenvalue weighted by Gasteiger charge is -2.61. The molecule has 11 nitrogen and oxygen atoms in total. The quantitative estimate of drug-likeness (QED) is 0.349. The van der Waals surface area contributed by atoms with E-state index in [0.717, 1.165) is 30.0 Å². The number of rotatable bonds is 8. The Balaban J connectivity index is 1.15. The summed E-state index contributed by atoms with van der Waals surface area (Å²) in [6.07, 6.45) is -9.04. The fourth-order valence-corrected chi connectivity index (χ4v) is 5.10. The molecule has 3 atom stereocenters. The number of halogens is 6. The normalized spacial score (nSPS) is 27.9. The first-order valence-electron chi connectivity index (χ1n) is 11.9. The van der Waals surface area contributed by atoms with E-state index in [-0.39, 0.29) is 40.7 Å². The lowest BCUT2D eigenvalue weighted by atomic mass is 9.50. The van der Waals surface area contributed by atoms with Gasteiger partial charge in [-0.15, -0.1) is 13.2 Å². The summed E-state index contributed by atoms with van der Waals surface area (Å²) in [7, 11) is 0. The standard InChI is InChI=1S/C22H21F6N7O4/c23-16-14(39-20(36)31-21-3-9(4-21)5-21)8-37-17(16)11-2-15(33-32-11)30-19-13-1-10(7-38-22(26,27)28)34-35(13)6-12(29-19)18(24)25/h1-2,6,9,14,16-18H,3-5,7-8H2,(H,31,36)(H2,29,30,32,33)/t9?,14-,16+,17-,21?/m0/s1.